The fraction of sp³-hybridized carbons (Fsp3) is 0.222. The summed E-state index contributed by atoms with van der Waals surface area (Å²) in [5, 5.41) is 4.04. The molecule has 0 bridgehead atoms. The zero-order valence-corrected chi connectivity index (χ0v) is 15.6. The molecule has 0 heterocycles. The highest BCUT2D eigenvalue weighted by Gasteiger charge is 2.30. The van der Waals surface area contributed by atoms with Crippen molar-refractivity contribution in [3.05, 3.63) is 52.5 Å². The Hall–Kier alpha value is -2.94. The zero-order chi connectivity index (χ0) is 20.7. The van der Waals surface area contributed by atoms with Crippen LogP contribution in [-0.2, 0) is 11.0 Å². The summed E-state index contributed by atoms with van der Waals surface area (Å²) in [6.07, 6.45) is -3.18. The molecule has 0 aliphatic heterocycles. The number of nitrogens with zero attached hydrogens (tertiary/aromatic N) is 1. The van der Waals surface area contributed by atoms with Crippen molar-refractivity contribution in [1.82, 2.24) is 5.43 Å². The molecule has 0 aromatic heterocycles. The Morgan fingerprint density at radius 1 is 1.21 bits per heavy atom. The highest BCUT2D eigenvalue weighted by Crippen LogP contribution is 2.35. The molecular weight excluding hydrogens is 401 g/mol. The SMILES string of the molecule is COc1cc(/C=N/NC(=O)COc2cccc(C(F)(F)F)c2)cc(Cl)c1OC. The summed E-state index contributed by atoms with van der Waals surface area (Å²) in [5.74, 6) is 0.0105. The van der Waals surface area contributed by atoms with Gasteiger partial charge < -0.3 is 14.2 Å². The summed E-state index contributed by atoms with van der Waals surface area (Å²) in [6, 6.07) is 7.37. The van der Waals surface area contributed by atoms with E-state index in [-0.39, 0.29) is 5.75 Å². The molecule has 0 saturated carbocycles. The lowest BCUT2D eigenvalue weighted by Crippen LogP contribution is -2.24. The van der Waals surface area contributed by atoms with Crippen molar-refractivity contribution in [3.8, 4) is 17.2 Å². The van der Waals surface area contributed by atoms with Gasteiger partial charge in [-0.2, -0.15) is 18.3 Å². The first-order valence-electron chi connectivity index (χ1n) is 7.78. The number of amides is 1. The molecule has 0 aliphatic rings. The second-order valence-corrected chi connectivity index (χ2v) is 5.75. The molecule has 150 valence electrons. The number of methoxy groups -OCH3 is 2. The van der Waals surface area contributed by atoms with Crippen molar-refractivity contribution in [3.63, 3.8) is 0 Å². The first-order chi connectivity index (χ1) is 13.2. The minimum atomic E-state index is -4.49. The molecule has 0 radical (unpaired) electrons. The zero-order valence-electron chi connectivity index (χ0n) is 14.8. The summed E-state index contributed by atoms with van der Waals surface area (Å²) in [7, 11) is 2.89. The molecule has 0 fully saturated rings. The lowest BCUT2D eigenvalue weighted by Gasteiger charge is -2.10. The van der Waals surface area contributed by atoms with Gasteiger partial charge in [0.1, 0.15) is 5.75 Å². The van der Waals surface area contributed by atoms with Gasteiger partial charge in [-0.15, -0.1) is 0 Å². The van der Waals surface area contributed by atoms with E-state index >= 15 is 0 Å². The van der Waals surface area contributed by atoms with Crippen LogP contribution in [0.25, 0.3) is 0 Å². The van der Waals surface area contributed by atoms with Crippen LogP contribution in [0.3, 0.4) is 0 Å². The molecule has 6 nitrogen and oxygen atoms in total. The van der Waals surface area contributed by atoms with E-state index in [4.69, 9.17) is 25.8 Å². The van der Waals surface area contributed by atoms with Crippen LogP contribution < -0.4 is 19.6 Å². The van der Waals surface area contributed by atoms with Crippen molar-refractivity contribution >= 4 is 23.7 Å². The minimum absolute atomic E-state index is 0.0828. The van der Waals surface area contributed by atoms with E-state index in [1.54, 1.807) is 12.1 Å². The maximum Gasteiger partial charge on any atom is 0.416 e. The number of nitrogens with one attached hydrogen (secondary N) is 1. The van der Waals surface area contributed by atoms with Gasteiger partial charge in [0, 0.05) is 0 Å². The van der Waals surface area contributed by atoms with E-state index in [0.29, 0.717) is 22.1 Å². The van der Waals surface area contributed by atoms with Gasteiger partial charge in [0.05, 0.1) is 31.0 Å². The van der Waals surface area contributed by atoms with Crippen LogP contribution in [0, 0.1) is 0 Å². The average molecular weight is 417 g/mol. The average Bonchev–Trinajstić information content (AvgIpc) is 2.65. The van der Waals surface area contributed by atoms with Gasteiger partial charge >= 0.3 is 6.18 Å². The smallest absolute Gasteiger partial charge is 0.416 e. The summed E-state index contributed by atoms with van der Waals surface area (Å²) < 4.78 is 53.2. The maximum absolute atomic E-state index is 12.6. The lowest BCUT2D eigenvalue weighted by molar-refractivity contribution is -0.137. The Labute approximate surface area is 163 Å². The van der Waals surface area contributed by atoms with Crippen LogP contribution in [-0.4, -0.2) is 32.9 Å². The highest BCUT2D eigenvalue weighted by atomic mass is 35.5. The molecule has 0 saturated heterocycles. The van der Waals surface area contributed by atoms with Crippen molar-refractivity contribution in [1.29, 1.82) is 0 Å². The standard InChI is InChI=1S/C18H16ClF3N2O4/c1-26-15-7-11(6-14(19)17(15)27-2)9-23-24-16(25)10-28-13-5-3-4-12(8-13)18(20,21)22/h3-9H,10H2,1-2H3,(H,24,25)/b23-9+. The van der Waals surface area contributed by atoms with Gasteiger partial charge in [-0.1, -0.05) is 17.7 Å². The quantitative estimate of drug-likeness (QED) is 0.549. The molecule has 28 heavy (non-hydrogen) atoms. The van der Waals surface area contributed by atoms with Crippen LogP contribution in [0.2, 0.25) is 5.02 Å². The lowest BCUT2D eigenvalue weighted by atomic mass is 10.2. The van der Waals surface area contributed by atoms with Gasteiger partial charge in [0.2, 0.25) is 0 Å². The molecule has 0 unspecified atom stereocenters. The number of benzene rings is 2. The van der Waals surface area contributed by atoms with Gasteiger partial charge in [0.25, 0.3) is 5.91 Å². The number of hydrogen-bond acceptors (Lipinski definition) is 5. The third-order valence-electron chi connectivity index (χ3n) is 3.39. The van der Waals surface area contributed by atoms with Crippen molar-refractivity contribution in [2.45, 2.75) is 6.18 Å². The van der Waals surface area contributed by atoms with E-state index in [1.165, 1.54) is 32.6 Å². The topological polar surface area (TPSA) is 69.2 Å². The second-order valence-electron chi connectivity index (χ2n) is 5.35. The van der Waals surface area contributed by atoms with Crippen molar-refractivity contribution in [2.24, 2.45) is 5.10 Å². The van der Waals surface area contributed by atoms with E-state index in [1.807, 2.05) is 0 Å². The van der Waals surface area contributed by atoms with Crippen molar-refractivity contribution < 1.29 is 32.2 Å². The van der Waals surface area contributed by atoms with Crippen LogP contribution in [0.5, 0.6) is 17.2 Å². The third-order valence-corrected chi connectivity index (χ3v) is 3.67. The Balaban J connectivity index is 1.93. The van der Waals surface area contributed by atoms with E-state index in [9.17, 15) is 18.0 Å². The van der Waals surface area contributed by atoms with E-state index in [2.05, 4.69) is 10.5 Å². The third kappa shape index (κ3) is 5.78. The summed E-state index contributed by atoms with van der Waals surface area (Å²) in [4.78, 5) is 11.7. The molecule has 0 aliphatic carbocycles. The van der Waals surface area contributed by atoms with Gasteiger partial charge in [0.15, 0.2) is 18.1 Å². The monoisotopic (exact) mass is 416 g/mol. The number of alkyl halides is 3. The normalized spacial score (nSPS) is 11.4. The number of hydrazone groups is 1. The number of hydrogen-bond donors (Lipinski definition) is 1. The summed E-state index contributed by atoms with van der Waals surface area (Å²) in [6.45, 7) is -0.509. The van der Waals surface area contributed by atoms with Crippen molar-refractivity contribution in [2.75, 3.05) is 20.8 Å². The second kappa shape index (κ2) is 9.32. The van der Waals surface area contributed by atoms with Gasteiger partial charge in [-0.3, -0.25) is 4.79 Å². The molecule has 0 atom stereocenters. The van der Waals surface area contributed by atoms with Crippen LogP contribution >= 0.6 is 11.6 Å². The molecule has 2 rings (SSSR count). The Bertz CT molecular complexity index is 872. The summed E-state index contributed by atoms with van der Waals surface area (Å²) >= 11 is 6.06. The fourth-order valence-corrected chi connectivity index (χ4v) is 2.43. The molecule has 2 aromatic rings. The largest absolute Gasteiger partial charge is 0.493 e. The maximum atomic E-state index is 12.6. The predicted octanol–water partition coefficient (Wildman–Crippen LogP) is 3.91. The Morgan fingerprint density at radius 3 is 2.61 bits per heavy atom. The van der Waals surface area contributed by atoms with Crippen LogP contribution in [0.1, 0.15) is 11.1 Å². The number of ether oxygens (including phenoxy) is 3. The molecular formula is C18H16ClF3N2O4. The Kier molecular flexibility index (Phi) is 7.11. The van der Waals surface area contributed by atoms with Crippen LogP contribution in [0.4, 0.5) is 13.2 Å². The molecule has 1 amide bonds. The molecule has 0 spiro atoms. The fourth-order valence-electron chi connectivity index (χ4n) is 2.13. The molecule has 2 aromatic carbocycles. The van der Waals surface area contributed by atoms with E-state index in [0.717, 1.165) is 12.1 Å². The van der Waals surface area contributed by atoms with E-state index < -0.39 is 24.3 Å². The van der Waals surface area contributed by atoms with Gasteiger partial charge in [-0.05, 0) is 35.9 Å². The summed E-state index contributed by atoms with van der Waals surface area (Å²) in [5.41, 5.74) is 1.86. The minimum Gasteiger partial charge on any atom is -0.493 e. The van der Waals surface area contributed by atoms with Crippen LogP contribution in [0.15, 0.2) is 41.5 Å². The first-order valence-corrected chi connectivity index (χ1v) is 8.16. The molecule has 10 heteroatoms. The first kappa shape index (κ1) is 21.4. The predicted molar refractivity (Wildman–Crippen MR) is 97.2 cm³/mol. The number of carbonyl (C=O) groups is 1. The number of halogens is 4. The number of carbonyl (C=O) groups excluding carboxylic acids is 1. The highest BCUT2D eigenvalue weighted by molar-refractivity contribution is 6.32. The molecule has 1 N–H and O–H groups in total. The van der Waals surface area contributed by atoms with Gasteiger partial charge in [-0.25, -0.2) is 5.43 Å². The Morgan fingerprint density at radius 2 is 1.96 bits per heavy atom. The number of rotatable bonds is 7.